The first-order chi connectivity index (χ1) is 13.6. The first-order valence-electron chi connectivity index (χ1n) is 9.42. The van der Waals surface area contributed by atoms with E-state index in [4.69, 9.17) is 4.74 Å². The highest BCUT2D eigenvalue weighted by atomic mass is 16.5. The summed E-state index contributed by atoms with van der Waals surface area (Å²) >= 11 is 0. The summed E-state index contributed by atoms with van der Waals surface area (Å²) in [5.74, 6) is 1.37. The molecule has 3 heterocycles. The van der Waals surface area contributed by atoms with E-state index in [1.54, 1.807) is 22.9 Å². The fourth-order valence-electron chi connectivity index (χ4n) is 3.68. The fourth-order valence-corrected chi connectivity index (χ4v) is 3.68. The summed E-state index contributed by atoms with van der Waals surface area (Å²) in [5, 5.41) is 4.35. The van der Waals surface area contributed by atoms with Gasteiger partial charge in [0.2, 0.25) is 0 Å². The molecule has 0 saturated heterocycles. The smallest absolute Gasteiger partial charge is 0.355 e. The summed E-state index contributed by atoms with van der Waals surface area (Å²) in [4.78, 5) is 17.4. The Hall–Kier alpha value is -3.41. The van der Waals surface area contributed by atoms with Gasteiger partial charge in [-0.1, -0.05) is 18.2 Å². The normalized spacial score (nSPS) is 13.8. The zero-order valence-electron chi connectivity index (χ0n) is 15.8. The first kappa shape index (κ1) is 16.7. The lowest BCUT2D eigenvalue weighted by atomic mass is 10.0. The van der Waals surface area contributed by atoms with Gasteiger partial charge in [-0.15, -0.1) is 0 Å². The maximum absolute atomic E-state index is 13.2. The van der Waals surface area contributed by atoms with Gasteiger partial charge in [0.05, 0.1) is 17.8 Å². The van der Waals surface area contributed by atoms with Crippen LogP contribution in [0.15, 0.2) is 59.7 Å². The Kier molecular flexibility index (Phi) is 3.79. The van der Waals surface area contributed by atoms with Crippen molar-refractivity contribution in [2.45, 2.75) is 32.8 Å². The van der Waals surface area contributed by atoms with Crippen LogP contribution in [0.25, 0.3) is 22.5 Å². The molecule has 0 amide bonds. The minimum absolute atomic E-state index is 0.228. The molecule has 4 aromatic rings. The second-order valence-corrected chi connectivity index (χ2v) is 7.18. The van der Waals surface area contributed by atoms with E-state index >= 15 is 0 Å². The largest absolute Gasteiger partial charge is 0.490 e. The van der Waals surface area contributed by atoms with Crippen molar-refractivity contribution in [3.63, 3.8) is 0 Å². The summed E-state index contributed by atoms with van der Waals surface area (Å²) in [6, 6.07) is 13.5. The molecule has 1 aliphatic carbocycles. The number of hydrogen-bond acceptors (Lipinski definition) is 4. The highest BCUT2D eigenvalue weighted by Crippen LogP contribution is 2.34. The van der Waals surface area contributed by atoms with Crippen molar-refractivity contribution in [2.75, 3.05) is 0 Å². The lowest BCUT2D eigenvalue weighted by molar-refractivity contribution is 0.303. The van der Waals surface area contributed by atoms with E-state index in [1.165, 1.54) is 4.68 Å². The predicted octanol–water partition coefficient (Wildman–Crippen LogP) is 3.71. The molecule has 0 aliphatic heterocycles. The molecule has 140 valence electrons. The number of benzene rings is 1. The maximum Gasteiger partial charge on any atom is 0.355 e. The van der Waals surface area contributed by atoms with Crippen LogP contribution >= 0.6 is 0 Å². The number of nitrogens with zero attached hydrogens (tertiary/aromatic N) is 4. The fraction of sp³-hybridized carbons (Fsp3) is 0.227. The van der Waals surface area contributed by atoms with Crippen molar-refractivity contribution in [1.82, 2.24) is 19.2 Å². The summed E-state index contributed by atoms with van der Waals surface area (Å²) in [5.41, 5.74) is 4.57. The van der Waals surface area contributed by atoms with Gasteiger partial charge in [0.1, 0.15) is 5.75 Å². The average Bonchev–Trinajstić information content (AvgIpc) is 3.48. The molecule has 0 spiro atoms. The number of ether oxygens (including phenoxy) is 1. The predicted molar refractivity (Wildman–Crippen MR) is 107 cm³/mol. The van der Waals surface area contributed by atoms with Crippen LogP contribution < -0.4 is 10.4 Å². The molecular weight excluding hydrogens is 352 g/mol. The van der Waals surface area contributed by atoms with Crippen LogP contribution in [-0.4, -0.2) is 25.3 Å². The van der Waals surface area contributed by atoms with Crippen LogP contribution in [0.3, 0.4) is 0 Å². The topological polar surface area (TPSA) is 61.4 Å². The second kappa shape index (κ2) is 6.34. The number of aryl methyl sites for hydroxylation is 2. The summed E-state index contributed by atoms with van der Waals surface area (Å²) in [6.45, 7) is 3.99. The molecule has 1 aromatic carbocycles. The van der Waals surface area contributed by atoms with Gasteiger partial charge in [-0.25, -0.2) is 9.78 Å². The van der Waals surface area contributed by atoms with E-state index in [-0.39, 0.29) is 5.69 Å². The van der Waals surface area contributed by atoms with E-state index in [0.29, 0.717) is 11.9 Å². The molecule has 1 saturated carbocycles. The summed E-state index contributed by atoms with van der Waals surface area (Å²) in [6.07, 6.45) is 5.97. The van der Waals surface area contributed by atoms with Gasteiger partial charge in [-0.2, -0.15) is 9.78 Å². The van der Waals surface area contributed by atoms with Gasteiger partial charge in [0.25, 0.3) is 0 Å². The highest BCUT2D eigenvalue weighted by molar-refractivity contribution is 5.79. The molecule has 3 aromatic heterocycles. The zero-order valence-corrected chi connectivity index (χ0v) is 15.8. The summed E-state index contributed by atoms with van der Waals surface area (Å²) < 4.78 is 8.99. The number of aromatic nitrogens is 4. The molecule has 0 N–H and O–H groups in total. The highest BCUT2D eigenvalue weighted by Gasteiger charge is 2.24. The molecule has 6 nitrogen and oxygen atoms in total. The Morgan fingerprint density at radius 1 is 1.11 bits per heavy atom. The van der Waals surface area contributed by atoms with Crippen LogP contribution in [-0.2, 0) is 0 Å². The van der Waals surface area contributed by atoms with Crippen molar-refractivity contribution in [3.8, 4) is 22.7 Å². The molecule has 5 rings (SSSR count). The van der Waals surface area contributed by atoms with Crippen LogP contribution in [0, 0.1) is 13.8 Å². The van der Waals surface area contributed by atoms with Gasteiger partial charge in [0, 0.05) is 17.5 Å². The number of fused-ring (bicyclic) bond motifs is 1. The minimum atomic E-state index is -0.228. The molecule has 0 bridgehead atoms. The maximum atomic E-state index is 13.2. The quantitative estimate of drug-likeness (QED) is 0.548. The third-order valence-corrected chi connectivity index (χ3v) is 5.18. The SMILES string of the molecule is Cc1c(-c2cccc(OC3CC3)c2)c(C)n2c(=O)n(-c3ccccn3)ncc12. The Morgan fingerprint density at radius 3 is 2.71 bits per heavy atom. The van der Waals surface area contributed by atoms with Gasteiger partial charge in [-0.05, 0) is 62.1 Å². The monoisotopic (exact) mass is 372 g/mol. The third kappa shape index (κ3) is 2.69. The molecule has 1 fully saturated rings. The van der Waals surface area contributed by atoms with E-state index in [2.05, 4.69) is 22.2 Å². The van der Waals surface area contributed by atoms with Crippen LogP contribution in [0.1, 0.15) is 24.1 Å². The number of rotatable bonds is 4. The molecule has 1 aliphatic rings. The van der Waals surface area contributed by atoms with Crippen molar-refractivity contribution in [2.24, 2.45) is 0 Å². The minimum Gasteiger partial charge on any atom is -0.490 e. The van der Waals surface area contributed by atoms with E-state index < -0.39 is 0 Å². The van der Waals surface area contributed by atoms with E-state index in [0.717, 1.165) is 46.5 Å². The lowest BCUT2D eigenvalue weighted by Gasteiger charge is -2.08. The third-order valence-electron chi connectivity index (χ3n) is 5.18. The number of hydrogen-bond donors (Lipinski definition) is 0. The van der Waals surface area contributed by atoms with E-state index in [1.807, 2.05) is 38.1 Å². The van der Waals surface area contributed by atoms with Gasteiger partial charge >= 0.3 is 5.69 Å². The molecule has 6 heteroatoms. The Labute approximate surface area is 162 Å². The van der Waals surface area contributed by atoms with Crippen LogP contribution in [0.5, 0.6) is 5.75 Å². The molecular formula is C22H20N4O2. The molecule has 0 atom stereocenters. The van der Waals surface area contributed by atoms with Crippen molar-refractivity contribution < 1.29 is 4.74 Å². The molecule has 0 unspecified atom stereocenters. The van der Waals surface area contributed by atoms with Crippen molar-refractivity contribution >= 4 is 5.52 Å². The molecule has 28 heavy (non-hydrogen) atoms. The Bertz CT molecular complexity index is 1240. The average molecular weight is 372 g/mol. The van der Waals surface area contributed by atoms with Gasteiger partial charge in [-0.3, -0.25) is 4.40 Å². The summed E-state index contributed by atoms with van der Waals surface area (Å²) in [7, 11) is 0. The van der Waals surface area contributed by atoms with E-state index in [9.17, 15) is 4.79 Å². The Morgan fingerprint density at radius 2 is 1.96 bits per heavy atom. The van der Waals surface area contributed by atoms with Crippen LogP contribution in [0.4, 0.5) is 0 Å². The Balaban J connectivity index is 1.69. The van der Waals surface area contributed by atoms with Crippen molar-refractivity contribution in [3.05, 3.63) is 76.6 Å². The van der Waals surface area contributed by atoms with Gasteiger partial charge < -0.3 is 4.74 Å². The first-order valence-corrected chi connectivity index (χ1v) is 9.42. The lowest BCUT2D eigenvalue weighted by Crippen LogP contribution is -2.28. The number of pyridine rings is 1. The van der Waals surface area contributed by atoms with Crippen LogP contribution in [0.2, 0.25) is 0 Å². The second-order valence-electron chi connectivity index (χ2n) is 7.18. The van der Waals surface area contributed by atoms with Gasteiger partial charge in [0.15, 0.2) is 5.82 Å². The standard InChI is InChI=1S/C22H20N4O2/c1-14-19-13-24-26(20-8-3-4-11-23-20)22(27)25(19)15(2)21(14)16-6-5-7-18(12-16)28-17-9-10-17/h3-8,11-13,17H,9-10H2,1-2H3. The van der Waals surface area contributed by atoms with Crippen molar-refractivity contribution in [1.29, 1.82) is 0 Å². The molecule has 0 radical (unpaired) electrons. The zero-order chi connectivity index (χ0) is 19.3.